The van der Waals surface area contributed by atoms with Crippen molar-refractivity contribution in [1.82, 2.24) is 14.9 Å². The van der Waals surface area contributed by atoms with Gasteiger partial charge in [0.05, 0.1) is 16.1 Å². The van der Waals surface area contributed by atoms with E-state index in [-0.39, 0.29) is 17.3 Å². The third-order valence-corrected chi connectivity index (χ3v) is 6.66. The van der Waals surface area contributed by atoms with Crippen molar-refractivity contribution in [3.05, 3.63) is 81.8 Å². The number of nitrogens with two attached hydrogens (primary N) is 1. The Kier molecular flexibility index (Phi) is 10.9. The Morgan fingerprint density at radius 3 is 2.62 bits per heavy atom. The lowest BCUT2D eigenvalue weighted by Gasteiger charge is -2.31. The molecule has 0 aliphatic carbocycles. The second kappa shape index (κ2) is 14.3. The molecule has 1 saturated heterocycles. The summed E-state index contributed by atoms with van der Waals surface area (Å²) in [5, 5.41) is 14.4. The first kappa shape index (κ1) is 31.9. The molecule has 13 heteroatoms. The molecule has 0 saturated carbocycles. The van der Waals surface area contributed by atoms with E-state index in [1.165, 1.54) is 30.7 Å². The molecule has 1 aliphatic heterocycles. The van der Waals surface area contributed by atoms with Crippen LogP contribution in [-0.4, -0.2) is 59.0 Å². The maximum Gasteiger partial charge on any atom is 0.417 e. The van der Waals surface area contributed by atoms with E-state index in [4.69, 9.17) is 22.7 Å². The van der Waals surface area contributed by atoms with Gasteiger partial charge >= 0.3 is 6.18 Å². The number of anilines is 2. The second-order valence-electron chi connectivity index (χ2n) is 9.25. The summed E-state index contributed by atoms with van der Waals surface area (Å²) in [6.07, 6.45) is 4.32. The van der Waals surface area contributed by atoms with Gasteiger partial charge in [-0.15, -0.1) is 0 Å². The van der Waals surface area contributed by atoms with Gasteiger partial charge in [0, 0.05) is 37.3 Å². The summed E-state index contributed by atoms with van der Waals surface area (Å²) in [6.45, 7) is 2.81. The Labute approximate surface area is 246 Å². The largest absolute Gasteiger partial charge is 0.417 e. The molecule has 1 atom stereocenters. The maximum atomic E-state index is 13.2. The second-order valence-corrected chi connectivity index (χ2v) is 9.66. The van der Waals surface area contributed by atoms with Crippen LogP contribution >= 0.6 is 11.6 Å². The van der Waals surface area contributed by atoms with Crippen LogP contribution in [0.4, 0.5) is 24.8 Å². The first-order valence-corrected chi connectivity index (χ1v) is 13.1. The van der Waals surface area contributed by atoms with Crippen molar-refractivity contribution in [1.29, 1.82) is 5.41 Å². The van der Waals surface area contributed by atoms with Crippen LogP contribution in [0.1, 0.15) is 41.3 Å². The monoisotopic (exact) mass is 599 g/mol. The summed E-state index contributed by atoms with van der Waals surface area (Å²) in [6, 6.07) is 2.86. The Morgan fingerprint density at radius 1 is 1.21 bits per heavy atom. The number of hydrogen-bond donors (Lipinski definition) is 4. The van der Waals surface area contributed by atoms with Gasteiger partial charge in [0.25, 0.3) is 0 Å². The van der Waals surface area contributed by atoms with Crippen LogP contribution in [0.5, 0.6) is 0 Å². The molecule has 1 aromatic carbocycles. The fourth-order valence-corrected chi connectivity index (χ4v) is 4.40. The van der Waals surface area contributed by atoms with E-state index in [9.17, 15) is 22.8 Å². The highest BCUT2D eigenvalue weighted by Crippen LogP contribution is 2.35. The summed E-state index contributed by atoms with van der Waals surface area (Å²) in [4.78, 5) is 34.0. The van der Waals surface area contributed by atoms with Gasteiger partial charge in [-0.05, 0) is 67.8 Å². The zero-order valence-corrected chi connectivity index (χ0v) is 23.6. The number of rotatable bonds is 9. The van der Waals surface area contributed by atoms with Crippen molar-refractivity contribution < 1.29 is 22.8 Å². The van der Waals surface area contributed by atoms with Crippen LogP contribution in [0.3, 0.4) is 0 Å². The highest BCUT2D eigenvalue weighted by Gasteiger charge is 2.33. The van der Waals surface area contributed by atoms with Crippen molar-refractivity contribution in [2.24, 2.45) is 5.73 Å². The van der Waals surface area contributed by atoms with E-state index in [1.54, 1.807) is 18.9 Å². The summed E-state index contributed by atoms with van der Waals surface area (Å²) < 4.78 is 39.6. The number of hydrogen-bond acceptors (Lipinski definition) is 8. The molecule has 2 aromatic rings. The summed E-state index contributed by atoms with van der Waals surface area (Å²) in [5.74, 6) is 5.72. The van der Waals surface area contributed by atoms with Gasteiger partial charge in [-0.3, -0.25) is 15.0 Å². The number of allylic oxidation sites excluding steroid dienone is 5. The number of alkyl halides is 3. The minimum atomic E-state index is -4.70. The summed E-state index contributed by atoms with van der Waals surface area (Å²) in [7, 11) is 1.65. The zero-order valence-electron chi connectivity index (χ0n) is 22.8. The minimum Gasteiger partial charge on any atom is -0.405 e. The molecule has 3 rings (SSSR count). The predicted molar refractivity (Wildman–Crippen MR) is 156 cm³/mol. The standard InChI is InChI=1S/C29H29ClF3N7O2/c1-18(5-10-25(42)20-6-8-23(30)22(14-20)29(31,32)33)19(11-12-34)7-9-24(35)26-27(36-2)37-16-38-28(26)39-21-4-3-13-40(15-21)17-41/h5-6,8,10-12,14,16-17,21,35H,3-4,13,15,34H2,1-2H3,(H2,36,37,38,39)/b10-5-,12-11+,19-18-,35-24?. The van der Waals surface area contributed by atoms with E-state index >= 15 is 0 Å². The lowest BCUT2D eigenvalue weighted by molar-refractivity contribution is -0.137. The zero-order chi connectivity index (χ0) is 30.9. The van der Waals surface area contributed by atoms with Gasteiger partial charge < -0.3 is 21.3 Å². The number of aromatic nitrogens is 2. The number of nitrogens with one attached hydrogen (secondary N) is 3. The number of nitrogens with zero attached hydrogens (tertiary/aromatic N) is 3. The summed E-state index contributed by atoms with van der Waals surface area (Å²) >= 11 is 5.64. The van der Waals surface area contributed by atoms with Crippen LogP contribution in [-0.2, 0) is 11.0 Å². The minimum absolute atomic E-state index is 0.0727. The van der Waals surface area contributed by atoms with Gasteiger partial charge in [0.15, 0.2) is 5.78 Å². The Morgan fingerprint density at radius 2 is 1.95 bits per heavy atom. The van der Waals surface area contributed by atoms with Crippen LogP contribution in [0.15, 0.2) is 60.1 Å². The molecule has 42 heavy (non-hydrogen) atoms. The van der Waals surface area contributed by atoms with Gasteiger partial charge in [-0.25, -0.2) is 9.97 Å². The molecule has 0 bridgehead atoms. The average Bonchev–Trinajstić information content (AvgIpc) is 2.97. The third-order valence-electron chi connectivity index (χ3n) is 6.33. The predicted octanol–water partition coefficient (Wildman–Crippen LogP) is 4.82. The smallest absolute Gasteiger partial charge is 0.405 e. The summed E-state index contributed by atoms with van der Waals surface area (Å²) in [5.41, 5.74) is 5.36. The number of halogens is 4. The first-order valence-electron chi connectivity index (χ1n) is 12.8. The molecule has 9 nitrogen and oxygen atoms in total. The van der Waals surface area contributed by atoms with Crippen LogP contribution in [0.25, 0.3) is 0 Å². The van der Waals surface area contributed by atoms with Crippen molar-refractivity contribution in [3.63, 3.8) is 0 Å². The van der Waals surface area contributed by atoms with Crippen molar-refractivity contribution in [2.75, 3.05) is 30.8 Å². The molecular weight excluding hydrogens is 571 g/mol. The normalized spacial score (nSPS) is 16.0. The molecule has 2 heterocycles. The molecule has 1 fully saturated rings. The average molecular weight is 600 g/mol. The quantitative estimate of drug-likeness (QED) is 0.0810. The lowest BCUT2D eigenvalue weighted by atomic mass is 10.0. The molecule has 1 aliphatic rings. The van der Waals surface area contributed by atoms with Crippen molar-refractivity contribution >= 4 is 41.1 Å². The molecule has 1 aromatic heterocycles. The van der Waals surface area contributed by atoms with Gasteiger partial charge in [-0.2, -0.15) is 13.2 Å². The van der Waals surface area contributed by atoms with Gasteiger partial charge in [-0.1, -0.05) is 23.6 Å². The molecule has 1 amide bonds. The number of amides is 1. The number of ketones is 1. The third kappa shape index (κ3) is 8.20. The highest BCUT2D eigenvalue weighted by molar-refractivity contribution is 6.31. The van der Waals surface area contributed by atoms with E-state index in [0.717, 1.165) is 31.4 Å². The van der Waals surface area contributed by atoms with Crippen LogP contribution in [0.2, 0.25) is 5.02 Å². The van der Waals surface area contributed by atoms with Crippen LogP contribution in [0, 0.1) is 17.3 Å². The molecule has 220 valence electrons. The Hall–Kier alpha value is -4.63. The molecule has 5 N–H and O–H groups in total. The first-order chi connectivity index (χ1) is 20.0. The van der Waals surface area contributed by atoms with Gasteiger partial charge in [0.2, 0.25) is 6.41 Å². The number of piperidine rings is 1. The molecule has 1 unspecified atom stereocenters. The number of carbonyl (C=O) groups is 2. The fraction of sp³-hybridized carbons (Fsp3) is 0.276. The molecular formula is C29H29ClF3N7O2. The van der Waals surface area contributed by atoms with Gasteiger partial charge in [0.1, 0.15) is 23.7 Å². The van der Waals surface area contributed by atoms with Crippen molar-refractivity contribution in [3.8, 4) is 11.8 Å². The van der Waals surface area contributed by atoms with Crippen LogP contribution < -0.4 is 16.4 Å². The van der Waals surface area contributed by atoms with E-state index in [2.05, 4.69) is 32.4 Å². The topological polar surface area (TPSA) is 137 Å². The van der Waals surface area contributed by atoms with E-state index in [0.29, 0.717) is 47.5 Å². The fourth-order valence-electron chi connectivity index (χ4n) is 4.18. The lowest BCUT2D eigenvalue weighted by Crippen LogP contribution is -2.41. The highest BCUT2D eigenvalue weighted by atomic mass is 35.5. The van der Waals surface area contributed by atoms with Crippen molar-refractivity contribution in [2.45, 2.75) is 32.0 Å². The number of carbonyl (C=O) groups excluding carboxylic acids is 2. The maximum absolute atomic E-state index is 13.2. The van der Waals surface area contributed by atoms with E-state index < -0.39 is 22.5 Å². The molecule has 0 spiro atoms. The molecule has 0 radical (unpaired) electrons. The Bertz CT molecular complexity index is 1510. The number of benzene rings is 1. The van der Waals surface area contributed by atoms with E-state index in [1.807, 2.05) is 0 Å². The Balaban J connectivity index is 1.88. The SMILES string of the molecule is CNc1ncnc(NC2CCCN(C=O)C2)c1C(=N)C#CC(/C=C/N)=C(C)/C=C\C(=O)c1ccc(Cl)c(C(F)(F)F)c1. The number of likely N-dealkylation sites (tertiary alicyclic amines) is 1.